The maximum Gasteiger partial charge on any atom is 0.526 e. The van der Waals surface area contributed by atoms with Gasteiger partial charge in [-0.05, 0) is 24.3 Å². The van der Waals surface area contributed by atoms with Gasteiger partial charge in [-0.3, -0.25) is 0 Å². The summed E-state index contributed by atoms with van der Waals surface area (Å²) in [5.74, 6) is 0. The number of rotatable bonds is 2. The van der Waals surface area contributed by atoms with E-state index in [9.17, 15) is 0 Å². The van der Waals surface area contributed by atoms with Crippen molar-refractivity contribution in [2.24, 2.45) is 0 Å². The molecule has 24 heavy (non-hydrogen) atoms. The van der Waals surface area contributed by atoms with Crippen molar-refractivity contribution in [2.75, 3.05) is 0 Å². The predicted molar refractivity (Wildman–Crippen MR) is 92.1 cm³/mol. The molecule has 0 aliphatic carbocycles. The van der Waals surface area contributed by atoms with Crippen molar-refractivity contribution >= 4 is 47.5 Å². The van der Waals surface area contributed by atoms with Crippen LogP contribution < -0.4 is 11.3 Å². The minimum Gasteiger partial charge on any atom is -0.465 e. The minimum atomic E-state index is -1.53. The lowest BCUT2D eigenvalue weighted by molar-refractivity contribution is 0.411. The molecule has 0 radical (unpaired) electrons. The molecule has 2 aromatic heterocycles. The Hall–Kier alpha value is -2.51. The molecule has 0 atom stereocenters. The Morgan fingerprint density at radius 1 is 0.583 bits per heavy atom. The van der Waals surface area contributed by atoms with Crippen LogP contribution in [-0.4, -0.2) is 34.3 Å². The van der Waals surface area contributed by atoms with Gasteiger partial charge in [0.05, 0.1) is 0 Å². The maximum absolute atomic E-state index is 8.79. The SMILES string of the molecule is OB(O)c1cc2ccccc2o1.OB(O)c1cc2ccccc2o1. The third-order valence-corrected chi connectivity index (χ3v) is 3.40. The zero-order valence-corrected chi connectivity index (χ0v) is 12.5. The van der Waals surface area contributed by atoms with Gasteiger partial charge >= 0.3 is 14.2 Å². The Labute approximate surface area is 137 Å². The molecule has 4 N–H and O–H groups in total. The Balaban J connectivity index is 0.000000141. The minimum absolute atomic E-state index is 0.177. The van der Waals surface area contributed by atoms with Crippen LogP contribution in [0, 0.1) is 0 Å². The van der Waals surface area contributed by atoms with Crippen LogP contribution in [0.2, 0.25) is 0 Å². The van der Waals surface area contributed by atoms with Gasteiger partial charge in [0.15, 0.2) is 0 Å². The van der Waals surface area contributed by atoms with Gasteiger partial charge in [0.1, 0.15) is 22.5 Å². The molecule has 120 valence electrons. The molecule has 6 nitrogen and oxygen atoms in total. The highest BCUT2D eigenvalue weighted by Crippen LogP contribution is 2.13. The summed E-state index contributed by atoms with van der Waals surface area (Å²) in [4.78, 5) is 0. The van der Waals surface area contributed by atoms with Crippen LogP contribution in [0.3, 0.4) is 0 Å². The number of para-hydroxylation sites is 2. The largest absolute Gasteiger partial charge is 0.526 e. The third kappa shape index (κ3) is 3.52. The zero-order chi connectivity index (χ0) is 17.1. The molecule has 0 fully saturated rings. The number of hydrogen-bond acceptors (Lipinski definition) is 6. The average molecular weight is 324 g/mol. The third-order valence-electron chi connectivity index (χ3n) is 3.40. The molecule has 0 saturated heterocycles. The fraction of sp³-hybridized carbons (Fsp3) is 0. The molecule has 0 saturated carbocycles. The highest BCUT2D eigenvalue weighted by atomic mass is 16.4. The first-order valence-corrected chi connectivity index (χ1v) is 7.24. The van der Waals surface area contributed by atoms with Gasteiger partial charge in [-0.1, -0.05) is 36.4 Å². The summed E-state index contributed by atoms with van der Waals surface area (Å²) >= 11 is 0. The van der Waals surface area contributed by atoms with Crippen LogP contribution >= 0.6 is 0 Å². The summed E-state index contributed by atoms with van der Waals surface area (Å²) in [6.07, 6.45) is 0. The van der Waals surface area contributed by atoms with Crippen molar-refractivity contribution < 1.29 is 28.9 Å². The van der Waals surface area contributed by atoms with Crippen molar-refractivity contribution in [1.82, 2.24) is 0 Å². The standard InChI is InChI=1S/2C8H7BO3/c2*10-9(11)8-5-6-3-1-2-4-7(6)12-8/h2*1-5,10-11H. The molecule has 0 bridgehead atoms. The van der Waals surface area contributed by atoms with Crippen molar-refractivity contribution in [1.29, 1.82) is 0 Å². The summed E-state index contributed by atoms with van der Waals surface area (Å²) in [6, 6.07) is 17.9. The van der Waals surface area contributed by atoms with Crippen LogP contribution in [0.5, 0.6) is 0 Å². The molecule has 4 aromatic rings. The highest BCUT2D eigenvalue weighted by Gasteiger charge is 2.16. The molecular weight excluding hydrogens is 310 g/mol. The van der Waals surface area contributed by atoms with Crippen LogP contribution in [0.4, 0.5) is 0 Å². The Morgan fingerprint density at radius 3 is 1.29 bits per heavy atom. The number of benzene rings is 2. The van der Waals surface area contributed by atoms with E-state index in [2.05, 4.69) is 0 Å². The van der Waals surface area contributed by atoms with Crippen LogP contribution in [-0.2, 0) is 0 Å². The van der Waals surface area contributed by atoms with E-state index in [4.69, 9.17) is 28.9 Å². The van der Waals surface area contributed by atoms with E-state index in [0.717, 1.165) is 10.8 Å². The van der Waals surface area contributed by atoms with Crippen LogP contribution in [0.1, 0.15) is 0 Å². The Morgan fingerprint density at radius 2 is 0.958 bits per heavy atom. The zero-order valence-electron chi connectivity index (χ0n) is 12.5. The van der Waals surface area contributed by atoms with Gasteiger partial charge in [-0.15, -0.1) is 0 Å². The molecule has 2 aromatic carbocycles. The molecule has 8 heteroatoms. The Bertz CT molecular complexity index is 800. The molecule has 0 spiro atoms. The summed E-state index contributed by atoms with van der Waals surface area (Å²) in [5.41, 5.74) is 1.69. The number of furan rings is 2. The van der Waals surface area contributed by atoms with Gasteiger partial charge < -0.3 is 28.9 Å². The molecule has 0 unspecified atom stereocenters. The van der Waals surface area contributed by atoms with Crippen molar-refractivity contribution in [3.8, 4) is 0 Å². The fourth-order valence-corrected chi connectivity index (χ4v) is 2.26. The topological polar surface area (TPSA) is 107 Å². The van der Waals surface area contributed by atoms with Crippen LogP contribution in [0.15, 0.2) is 69.5 Å². The van der Waals surface area contributed by atoms with E-state index in [0.29, 0.717) is 11.2 Å². The number of fused-ring (bicyclic) bond motifs is 2. The van der Waals surface area contributed by atoms with Gasteiger partial charge in [0.2, 0.25) is 0 Å². The van der Waals surface area contributed by atoms with Gasteiger partial charge in [-0.25, -0.2) is 0 Å². The summed E-state index contributed by atoms with van der Waals surface area (Å²) in [7, 11) is -3.06. The van der Waals surface area contributed by atoms with Crippen molar-refractivity contribution in [3.05, 3.63) is 60.7 Å². The fourth-order valence-electron chi connectivity index (χ4n) is 2.26. The molecule has 4 rings (SSSR count). The quantitative estimate of drug-likeness (QED) is 0.393. The predicted octanol–water partition coefficient (Wildman–Crippen LogP) is 0.225. The second-order valence-electron chi connectivity index (χ2n) is 5.12. The smallest absolute Gasteiger partial charge is 0.465 e. The molecule has 0 aliphatic rings. The normalized spacial score (nSPS) is 10.5. The second kappa shape index (κ2) is 6.94. The van der Waals surface area contributed by atoms with Crippen molar-refractivity contribution in [2.45, 2.75) is 0 Å². The van der Waals surface area contributed by atoms with E-state index in [-0.39, 0.29) is 11.3 Å². The van der Waals surface area contributed by atoms with E-state index in [1.54, 1.807) is 24.3 Å². The molecule has 0 amide bonds. The highest BCUT2D eigenvalue weighted by molar-refractivity contribution is 6.57. The van der Waals surface area contributed by atoms with Gasteiger partial charge in [0, 0.05) is 10.8 Å². The Kier molecular flexibility index (Phi) is 4.73. The summed E-state index contributed by atoms with van der Waals surface area (Å²) in [6.45, 7) is 0. The van der Waals surface area contributed by atoms with Crippen LogP contribution in [0.25, 0.3) is 21.9 Å². The summed E-state index contributed by atoms with van der Waals surface area (Å²) < 4.78 is 10.3. The van der Waals surface area contributed by atoms with E-state index < -0.39 is 14.2 Å². The van der Waals surface area contributed by atoms with Gasteiger partial charge in [-0.2, -0.15) is 0 Å². The van der Waals surface area contributed by atoms with E-state index in [1.807, 2.05) is 36.4 Å². The van der Waals surface area contributed by atoms with Gasteiger partial charge in [0.25, 0.3) is 0 Å². The molecule has 2 heterocycles. The van der Waals surface area contributed by atoms with Crippen molar-refractivity contribution in [3.63, 3.8) is 0 Å². The maximum atomic E-state index is 8.79. The summed E-state index contributed by atoms with van der Waals surface area (Å²) in [5, 5.41) is 36.9. The monoisotopic (exact) mass is 324 g/mol. The first kappa shape index (κ1) is 16.4. The molecular formula is C16H14B2O6. The lowest BCUT2D eigenvalue weighted by atomic mass is 9.88. The number of hydrogen-bond donors (Lipinski definition) is 4. The second-order valence-corrected chi connectivity index (χ2v) is 5.12. The van der Waals surface area contributed by atoms with E-state index in [1.165, 1.54) is 0 Å². The lowest BCUT2D eigenvalue weighted by Gasteiger charge is -1.88. The first-order chi connectivity index (χ1) is 11.5. The van der Waals surface area contributed by atoms with E-state index >= 15 is 0 Å². The molecule has 0 aliphatic heterocycles. The lowest BCUT2D eigenvalue weighted by Crippen LogP contribution is -2.27. The first-order valence-electron chi connectivity index (χ1n) is 7.24. The average Bonchev–Trinajstić information content (AvgIpc) is 3.19.